The van der Waals surface area contributed by atoms with E-state index in [1.165, 1.54) is 38.5 Å². The van der Waals surface area contributed by atoms with E-state index in [1.54, 1.807) is 0 Å². The van der Waals surface area contributed by atoms with Crippen LogP contribution >= 0.6 is 0 Å². The maximum atomic E-state index is 9.56. The van der Waals surface area contributed by atoms with Gasteiger partial charge in [-0.2, -0.15) is 0 Å². The zero-order valence-corrected chi connectivity index (χ0v) is 9.71. The molecule has 3 rings (SSSR count). The van der Waals surface area contributed by atoms with E-state index < -0.39 is 0 Å². The Balaban J connectivity index is 1.64. The number of hydrogen-bond donors (Lipinski definition) is 2. The molecule has 0 heterocycles. The smallest absolute Gasteiger partial charge is 0.0613 e. The van der Waals surface area contributed by atoms with Gasteiger partial charge in [-0.25, -0.2) is 0 Å². The summed E-state index contributed by atoms with van der Waals surface area (Å²) < 4.78 is 0. The van der Waals surface area contributed by atoms with Crippen molar-refractivity contribution in [1.82, 2.24) is 5.32 Å². The number of aliphatic hydroxyl groups excluding tert-OH is 1. The first-order valence-corrected chi connectivity index (χ1v) is 6.60. The Labute approximate surface area is 92.4 Å². The fourth-order valence-electron chi connectivity index (χ4n) is 3.86. The van der Waals surface area contributed by atoms with E-state index in [0.717, 1.165) is 17.8 Å². The molecule has 3 aliphatic rings. The van der Waals surface area contributed by atoms with Crippen LogP contribution in [0.15, 0.2) is 0 Å². The molecule has 0 radical (unpaired) electrons. The third-order valence-electron chi connectivity index (χ3n) is 5.06. The van der Waals surface area contributed by atoms with Crippen LogP contribution in [0.25, 0.3) is 0 Å². The van der Waals surface area contributed by atoms with Gasteiger partial charge in [0.1, 0.15) is 0 Å². The van der Waals surface area contributed by atoms with Crippen LogP contribution in [0, 0.1) is 17.8 Å². The summed E-state index contributed by atoms with van der Waals surface area (Å²) in [5.74, 6) is 2.65. The summed E-state index contributed by atoms with van der Waals surface area (Å²) in [7, 11) is 0. The minimum Gasteiger partial charge on any atom is -0.394 e. The number of hydrogen-bond acceptors (Lipinski definition) is 2. The first-order valence-electron chi connectivity index (χ1n) is 6.60. The van der Waals surface area contributed by atoms with Gasteiger partial charge in [-0.05, 0) is 56.8 Å². The van der Waals surface area contributed by atoms with E-state index in [9.17, 15) is 5.11 Å². The number of aliphatic hydroxyl groups is 1. The molecule has 0 saturated heterocycles. The van der Waals surface area contributed by atoms with Gasteiger partial charge in [0.25, 0.3) is 0 Å². The molecule has 3 saturated carbocycles. The average molecular weight is 209 g/mol. The molecule has 2 bridgehead atoms. The molecular weight excluding hydrogens is 186 g/mol. The second-order valence-corrected chi connectivity index (χ2v) is 6.28. The SMILES string of the molecule is CC(CO)(NC1CC2CCC1C2)C1CC1. The van der Waals surface area contributed by atoms with Crippen molar-refractivity contribution >= 4 is 0 Å². The lowest BCUT2D eigenvalue weighted by Crippen LogP contribution is -2.54. The predicted molar refractivity (Wildman–Crippen MR) is 60.6 cm³/mol. The number of rotatable bonds is 4. The van der Waals surface area contributed by atoms with Crippen LogP contribution in [0.4, 0.5) is 0 Å². The van der Waals surface area contributed by atoms with E-state index >= 15 is 0 Å². The van der Waals surface area contributed by atoms with Crippen molar-refractivity contribution in [2.24, 2.45) is 17.8 Å². The molecule has 2 N–H and O–H groups in total. The molecule has 0 amide bonds. The van der Waals surface area contributed by atoms with Crippen molar-refractivity contribution < 1.29 is 5.11 Å². The summed E-state index contributed by atoms with van der Waals surface area (Å²) in [5.41, 5.74) is 0.0230. The summed E-state index contributed by atoms with van der Waals surface area (Å²) >= 11 is 0. The van der Waals surface area contributed by atoms with E-state index in [-0.39, 0.29) is 5.54 Å². The predicted octanol–water partition coefficient (Wildman–Crippen LogP) is 1.93. The van der Waals surface area contributed by atoms with Gasteiger partial charge in [0, 0.05) is 11.6 Å². The Morgan fingerprint density at radius 3 is 2.47 bits per heavy atom. The topological polar surface area (TPSA) is 32.3 Å². The Bertz CT molecular complexity index is 251. The van der Waals surface area contributed by atoms with Crippen molar-refractivity contribution in [2.45, 2.75) is 57.0 Å². The second kappa shape index (κ2) is 3.46. The fraction of sp³-hybridized carbons (Fsp3) is 1.00. The van der Waals surface area contributed by atoms with Gasteiger partial charge in [0.15, 0.2) is 0 Å². The van der Waals surface area contributed by atoms with Crippen molar-refractivity contribution in [3.05, 3.63) is 0 Å². The molecule has 4 atom stereocenters. The van der Waals surface area contributed by atoms with Gasteiger partial charge in [0.05, 0.1) is 6.61 Å². The molecule has 86 valence electrons. The van der Waals surface area contributed by atoms with Crippen molar-refractivity contribution in [3.63, 3.8) is 0 Å². The Morgan fingerprint density at radius 1 is 1.20 bits per heavy atom. The Kier molecular flexibility index (Phi) is 2.33. The highest BCUT2D eigenvalue weighted by Gasteiger charge is 2.46. The van der Waals surface area contributed by atoms with Gasteiger partial charge >= 0.3 is 0 Å². The van der Waals surface area contributed by atoms with Crippen molar-refractivity contribution in [1.29, 1.82) is 0 Å². The fourth-order valence-corrected chi connectivity index (χ4v) is 3.86. The Hall–Kier alpha value is -0.0800. The van der Waals surface area contributed by atoms with Crippen LogP contribution in [-0.2, 0) is 0 Å². The lowest BCUT2D eigenvalue weighted by molar-refractivity contribution is 0.128. The monoisotopic (exact) mass is 209 g/mol. The zero-order chi connectivity index (χ0) is 10.5. The van der Waals surface area contributed by atoms with Gasteiger partial charge in [0.2, 0.25) is 0 Å². The zero-order valence-electron chi connectivity index (χ0n) is 9.71. The molecule has 2 heteroatoms. The molecular formula is C13H23NO. The number of fused-ring (bicyclic) bond motifs is 2. The first-order chi connectivity index (χ1) is 7.21. The van der Waals surface area contributed by atoms with Crippen LogP contribution in [0.1, 0.15) is 45.4 Å². The Morgan fingerprint density at radius 2 is 2.00 bits per heavy atom. The third kappa shape index (κ3) is 1.72. The normalized spacial score (nSPS) is 43.2. The average Bonchev–Trinajstić information content (AvgIpc) is 2.92. The summed E-state index contributed by atoms with van der Waals surface area (Å²) in [6.07, 6.45) is 8.32. The molecule has 0 aromatic heterocycles. The van der Waals surface area contributed by atoms with Crippen LogP contribution < -0.4 is 5.32 Å². The third-order valence-corrected chi connectivity index (χ3v) is 5.06. The maximum absolute atomic E-state index is 9.56. The second-order valence-electron chi connectivity index (χ2n) is 6.28. The molecule has 15 heavy (non-hydrogen) atoms. The highest BCUT2D eigenvalue weighted by Crippen LogP contribution is 2.47. The maximum Gasteiger partial charge on any atom is 0.0613 e. The van der Waals surface area contributed by atoms with E-state index in [4.69, 9.17) is 0 Å². The van der Waals surface area contributed by atoms with Gasteiger partial charge in [-0.1, -0.05) is 6.42 Å². The summed E-state index contributed by atoms with van der Waals surface area (Å²) in [4.78, 5) is 0. The molecule has 3 fully saturated rings. The summed E-state index contributed by atoms with van der Waals surface area (Å²) in [6.45, 7) is 2.53. The quantitative estimate of drug-likeness (QED) is 0.741. The van der Waals surface area contributed by atoms with Crippen LogP contribution in [0.5, 0.6) is 0 Å². The standard InChI is InChI=1S/C13H23NO/c1-13(8-15,11-4-5-11)14-12-7-9-2-3-10(12)6-9/h9-12,14-15H,2-8H2,1H3. The minimum absolute atomic E-state index is 0.0230. The molecule has 0 aromatic carbocycles. The van der Waals surface area contributed by atoms with Crippen LogP contribution in [-0.4, -0.2) is 23.3 Å². The van der Waals surface area contributed by atoms with Crippen LogP contribution in [0.3, 0.4) is 0 Å². The molecule has 4 unspecified atom stereocenters. The molecule has 0 spiro atoms. The van der Waals surface area contributed by atoms with Gasteiger partial charge < -0.3 is 10.4 Å². The summed E-state index contributed by atoms with van der Waals surface area (Å²) in [6, 6.07) is 0.710. The van der Waals surface area contributed by atoms with Crippen molar-refractivity contribution in [3.8, 4) is 0 Å². The van der Waals surface area contributed by atoms with Crippen molar-refractivity contribution in [2.75, 3.05) is 6.61 Å². The number of nitrogens with one attached hydrogen (secondary N) is 1. The first kappa shape index (κ1) is 10.1. The van der Waals surface area contributed by atoms with E-state index in [2.05, 4.69) is 12.2 Å². The van der Waals surface area contributed by atoms with E-state index in [1.807, 2.05) is 0 Å². The lowest BCUT2D eigenvalue weighted by atomic mass is 9.89. The van der Waals surface area contributed by atoms with Gasteiger partial charge in [-0.15, -0.1) is 0 Å². The molecule has 0 aromatic rings. The minimum atomic E-state index is 0.0230. The largest absolute Gasteiger partial charge is 0.394 e. The molecule has 2 nitrogen and oxygen atoms in total. The highest BCUT2D eigenvalue weighted by atomic mass is 16.3. The molecule has 3 aliphatic carbocycles. The van der Waals surface area contributed by atoms with Gasteiger partial charge in [-0.3, -0.25) is 0 Å². The lowest BCUT2D eigenvalue weighted by Gasteiger charge is -2.36. The molecule has 0 aliphatic heterocycles. The van der Waals surface area contributed by atoms with Crippen LogP contribution in [0.2, 0.25) is 0 Å². The van der Waals surface area contributed by atoms with E-state index in [0.29, 0.717) is 12.6 Å². The highest BCUT2D eigenvalue weighted by molar-refractivity contribution is 5.03. The summed E-state index contributed by atoms with van der Waals surface area (Å²) in [5, 5.41) is 13.3.